The lowest BCUT2D eigenvalue weighted by atomic mass is 10.0. The van der Waals surface area contributed by atoms with Crippen LogP contribution in [0, 0.1) is 0 Å². The minimum Gasteiger partial charge on any atom is -0.275 e. The first-order valence-electron chi connectivity index (χ1n) is 15.2. The summed E-state index contributed by atoms with van der Waals surface area (Å²) in [4.78, 5) is 0. The molecule has 0 fully saturated rings. The van der Waals surface area contributed by atoms with Crippen LogP contribution < -0.4 is 0 Å². The summed E-state index contributed by atoms with van der Waals surface area (Å²) in [5, 5.41) is 0. The Labute approximate surface area is 205 Å². The highest BCUT2D eigenvalue weighted by molar-refractivity contribution is 7.23. The Bertz CT molecular complexity index is 331. The van der Waals surface area contributed by atoms with Gasteiger partial charge in [-0.2, -0.15) is 0 Å². The molecule has 0 aliphatic heterocycles. The minimum absolute atomic E-state index is 0.332. The summed E-state index contributed by atoms with van der Waals surface area (Å²) in [6, 6.07) is 0. The van der Waals surface area contributed by atoms with Crippen molar-refractivity contribution in [2.75, 3.05) is 6.16 Å². The highest BCUT2D eigenvalue weighted by Crippen LogP contribution is 2.16. The van der Waals surface area contributed by atoms with E-state index in [1.54, 1.807) is 0 Å². The van der Waals surface area contributed by atoms with E-state index in [1.165, 1.54) is 173 Å². The molecule has 0 atom stereocenters. The summed E-state index contributed by atoms with van der Waals surface area (Å²) < 4.78 is 10.3. The molecular formula is C30H61OP. The molecule has 0 heterocycles. The van der Waals surface area contributed by atoms with Crippen molar-refractivity contribution in [1.82, 2.24) is 0 Å². The lowest BCUT2D eigenvalue weighted by Gasteiger charge is -2.04. The number of hydrogen-bond donors (Lipinski definition) is 0. The standard InChI is InChI=1S/C30H61OP/c1-2-3-4-5-6-7-8-9-10-11-12-13-14-15-16-17-18-19-20-21-22-23-24-25-26-27-28-29-30-32-31/h2-30H2,1H3. The van der Waals surface area contributed by atoms with E-state index >= 15 is 0 Å². The SMILES string of the molecule is CCCCCCCCCCCCCCCCCCCCCCCCCCCCCCP=O. The molecule has 0 saturated heterocycles. The summed E-state index contributed by atoms with van der Waals surface area (Å²) in [5.41, 5.74) is 0. The monoisotopic (exact) mass is 468 g/mol. The molecule has 32 heavy (non-hydrogen) atoms. The van der Waals surface area contributed by atoms with E-state index in [0.717, 1.165) is 12.6 Å². The molecule has 0 rings (SSSR count). The van der Waals surface area contributed by atoms with Crippen LogP contribution in [0.1, 0.15) is 187 Å². The molecule has 0 N–H and O–H groups in total. The number of rotatable bonds is 29. The van der Waals surface area contributed by atoms with Crippen LogP contribution in [0.2, 0.25) is 0 Å². The van der Waals surface area contributed by atoms with Gasteiger partial charge >= 0.3 is 0 Å². The quantitative estimate of drug-likeness (QED) is 0.0787. The molecule has 0 aromatic carbocycles. The van der Waals surface area contributed by atoms with Crippen LogP contribution in [-0.4, -0.2) is 6.16 Å². The van der Waals surface area contributed by atoms with Crippen LogP contribution in [0.3, 0.4) is 0 Å². The van der Waals surface area contributed by atoms with Crippen molar-refractivity contribution >= 4 is 8.46 Å². The molecule has 0 unspecified atom stereocenters. The Morgan fingerprint density at radius 3 is 0.688 bits per heavy atom. The molecule has 192 valence electrons. The minimum atomic E-state index is 0.332. The molecule has 0 radical (unpaired) electrons. The predicted octanol–water partition coefficient (Wildman–Crippen LogP) is 12.2. The van der Waals surface area contributed by atoms with Gasteiger partial charge in [0.15, 0.2) is 8.46 Å². The van der Waals surface area contributed by atoms with Crippen molar-refractivity contribution in [3.63, 3.8) is 0 Å². The van der Waals surface area contributed by atoms with Gasteiger partial charge in [0, 0.05) is 6.16 Å². The van der Waals surface area contributed by atoms with Crippen LogP contribution in [0.4, 0.5) is 0 Å². The number of hydrogen-bond acceptors (Lipinski definition) is 1. The molecule has 0 aliphatic carbocycles. The van der Waals surface area contributed by atoms with Gasteiger partial charge in [0.05, 0.1) is 0 Å². The Morgan fingerprint density at radius 1 is 0.312 bits per heavy atom. The summed E-state index contributed by atoms with van der Waals surface area (Å²) in [6.45, 7) is 2.30. The second kappa shape index (κ2) is 31.1. The Balaban J connectivity index is 2.99. The molecule has 0 aromatic heterocycles. The van der Waals surface area contributed by atoms with E-state index in [-0.39, 0.29) is 0 Å². The zero-order valence-electron chi connectivity index (χ0n) is 22.4. The van der Waals surface area contributed by atoms with E-state index in [2.05, 4.69) is 6.92 Å². The average Bonchev–Trinajstić information content (AvgIpc) is 2.81. The fourth-order valence-corrected chi connectivity index (χ4v) is 5.20. The molecule has 0 bridgehead atoms. The largest absolute Gasteiger partial charge is 0.275 e. The first-order chi connectivity index (χ1) is 15.9. The third kappa shape index (κ3) is 30.1. The maximum Gasteiger partial charge on any atom is 0.155 e. The van der Waals surface area contributed by atoms with Gasteiger partial charge in [-0.15, -0.1) is 0 Å². The van der Waals surface area contributed by atoms with Crippen LogP contribution in [0.5, 0.6) is 0 Å². The topological polar surface area (TPSA) is 17.1 Å². The van der Waals surface area contributed by atoms with Crippen molar-refractivity contribution in [3.8, 4) is 0 Å². The zero-order valence-corrected chi connectivity index (χ0v) is 23.3. The van der Waals surface area contributed by atoms with Gasteiger partial charge in [0.25, 0.3) is 0 Å². The van der Waals surface area contributed by atoms with Crippen molar-refractivity contribution < 1.29 is 4.57 Å². The van der Waals surface area contributed by atoms with Crippen LogP contribution in [0.25, 0.3) is 0 Å². The molecular weight excluding hydrogens is 407 g/mol. The second-order valence-electron chi connectivity index (χ2n) is 10.4. The van der Waals surface area contributed by atoms with Gasteiger partial charge in [-0.05, 0) is 6.42 Å². The van der Waals surface area contributed by atoms with Crippen LogP contribution in [-0.2, 0) is 4.57 Å². The zero-order chi connectivity index (χ0) is 23.2. The second-order valence-corrected chi connectivity index (χ2v) is 11.1. The summed E-state index contributed by atoms with van der Waals surface area (Å²) in [5.74, 6) is 0. The maximum absolute atomic E-state index is 10.3. The molecule has 0 spiro atoms. The fraction of sp³-hybridized carbons (Fsp3) is 1.00. The lowest BCUT2D eigenvalue weighted by molar-refractivity contribution is 0.514. The highest BCUT2D eigenvalue weighted by Gasteiger charge is 1.96. The Hall–Kier alpha value is 0.100. The summed E-state index contributed by atoms with van der Waals surface area (Å²) in [7, 11) is 0.332. The van der Waals surface area contributed by atoms with Gasteiger partial charge in [0.1, 0.15) is 0 Å². The molecule has 0 aliphatic rings. The molecule has 0 aromatic rings. The third-order valence-electron chi connectivity index (χ3n) is 7.10. The maximum atomic E-state index is 10.3. The number of unbranched alkanes of at least 4 members (excludes halogenated alkanes) is 27. The van der Waals surface area contributed by atoms with Crippen molar-refractivity contribution in [1.29, 1.82) is 0 Å². The third-order valence-corrected chi connectivity index (χ3v) is 7.60. The summed E-state index contributed by atoms with van der Waals surface area (Å²) in [6.07, 6.45) is 41.1. The fourth-order valence-electron chi connectivity index (χ4n) is 4.85. The lowest BCUT2D eigenvalue weighted by Crippen LogP contribution is -1.85. The molecule has 1 nitrogen and oxygen atoms in total. The normalized spacial score (nSPS) is 11.5. The van der Waals surface area contributed by atoms with Crippen LogP contribution >= 0.6 is 8.46 Å². The summed E-state index contributed by atoms with van der Waals surface area (Å²) >= 11 is 0. The van der Waals surface area contributed by atoms with E-state index in [0.29, 0.717) is 8.46 Å². The Morgan fingerprint density at radius 2 is 0.500 bits per heavy atom. The van der Waals surface area contributed by atoms with Crippen molar-refractivity contribution in [2.24, 2.45) is 0 Å². The van der Waals surface area contributed by atoms with Crippen molar-refractivity contribution in [3.05, 3.63) is 0 Å². The first kappa shape index (κ1) is 32.1. The molecule has 0 amide bonds. The van der Waals surface area contributed by atoms with E-state index in [9.17, 15) is 4.57 Å². The molecule has 2 heteroatoms. The van der Waals surface area contributed by atoms with Gasteiger partial charge in [0.2, 0.25) is 0 Å². The van der Waals surface area contributed by atoms with E-state index < -0.39 is 0 Å². The van der Waals surface area contributed by atoms with Gasteiger partial charge in [-0.3, -0.25) is 4.57 Å². The smallest absolute Gasteiger partial charge is 0.155 e. The van der Waals surface area contributed by atoms with E-state index in [4.69, 9.17) is 0 Å². The van der Waals surface area contributed by atoms with Gasteiger partial charge in [-0.25, -0.2) is 0 Å². The van der Waals surface area contributed by atoms with Gasteiger partial charge < -0.3 is 0 Å². The van der Waals surface area contributed by atoms with Gasteiger partial charge in [-0.1, -0.05) is 180 Å². The molecule has 0 saturated carbocycles. The predicted molar refractivity (Wildman–Crippen MR) is 147 cm³/mol. The van der Waals surface area contributed by atoms with Crippen LogP contribution in [0.15, 0.2) is 0 Å². The Kier molecular flexibility index (Phi) is 31.2. The first-order valence-corrected chi connectivity index (χ1v) is 16.2. The van der Waals surface area contributed by atoms with E-state index in [1.807, 2.05) is 0 Å². The highest BCUT2D eigenvalue weighted by atomic mass is 31.1. The van der Waals surface area contributed by atoms with Crippen molar-refractivity contribution in [2.45, 2.75) is 187 Å². The average molecular weight is 469 g/mol.